The van der Waals surface area contributed by atoms with Crippen molar-refractivity contribution in [3.63, 3.8) is 0 Å². The van der Waals surface area contributed by atoms with Crippen LogP contribution in [0.3, 0.4) is 0 Å². The minimum atomic E-state index is -0.276. The van der Waals surface area contributed by atoms with E-state index in [9.17, 15) is 9.90 Å². The van der Waals surface area contributed by atoms with E-state index in [0.29, 0.717) is 5.82 Å². The predicted octanol–water partition coefficient (Wildman–Crippen LogP) is 3.98. The van der Waals surface area contributed by atoms with Crippen LogP contribution in [-0.2, 0) is 0 Å². The molecule has 0 radical (unpaired) electrons. The number of hydrogen-bond donors (Lipinski definition) is 0. The molecule has 0 amide bonds. The van der Waals surface area contributed by atoms with Crippen LogP contribution >= 0.6 is 0 Å². The molecule has 4 heteroatoms. The van der Waals surface area contributed by atoms with Crippen LogP contribution in [0.25, 0.3) is 22.8 Å². The molecule has 0 atom stereocenters. The number of benzene rings is 3. The highest BCUT2D eigenvalue weighted by molar-refractivity contribution is 5.57. The summed E-state index contributed by atoms with van der Waals surface area (Å²) in [4.78, 5) is 13.6. The van der Waals surface area contributed by atoms with Gasteiger partial charge in [0.2, 0.25) is 0 Å². The lowest BCUT2D eigenvalue weighted by atomic mass is 10.0. The van der Waals surface area contributed by atoms with Crippen molar-refractivity contribution in [2.75, 3.05) is 0 Å². The Morgan fingerprint density at radius 1 is 0.793 bits per heavy atom. The Balaban J connectivity index is 2.23. The van der Waals surface area contributed by atoms with E-state index in [0.717, 1.165) is 16.9 Å². The number of hydrogen-bond acceptors (Lipinski definition) is 2. The Morgan fingerprint density at radius 3 is 1.86 bits per heavy atom. The van der Waals surface area contributed by atoms with Crippen LogP contribution in [0.2, 0.25) is 0 Å². The normalized spacial score (nSPS) is 11.0. The topological polar surface area (TPSA) is 48.9 Å². The van der Waals surface area contributed by atoms with Crippen LogP contribution in [-0.4, -0.2) is 4.57 Å². The van der Waals surface area contributed by atoms with E-state index < -0.39 is 0 Å². The minimum absolute atomic E-state index is 0.204. The summed E-state index contributed by atoms with van der Waals surface area (Å²) < 4.78 is 3.30. The SMILES string of the molecule is CC(C)c1c([O-])[n+](-c2ccccc2)c(-c2ccccc2)n(-c2ccccc2)c1=O. The smallest absolute Gasteiger partial charge is 0.345 e. The highest BCUT2D eigenvalue weighted by atomic mass is 16.3. The van der Waals surface area contributed by atoms with Crippen molar-refractivity contribution in [2.24, 2.45) is 0 Å². The first-order valence-corrected chi connectivity index (χ1v) is 9.68. The fourth-order valence-electron chi connectivity index (χ4n) is 3.60. The zero-order chi connectivity index (χ0) is 20.4. The third-order valence-corrected chi connectivity index (χ3v) is 4.93. The average molecular weight is 382 g/mol. The number of para-hydroxylation sites is 2. The van der Waals surface area contributed by atoms with Gasteiger partial charge in [0, 0.05) is 0 Å². The van der Waals surface area contributed by atoms with Crippen molar-refractivity contribution in [1.29, 1.82) is 0 Å². The van der Waals surface area contributed by atoms with Crippen molar-refractivity contribution in [3.05, 3.63) is 107 Å². The molecule has 0 aliphatic carbocycles. The van der Waals surface area contributed by atoms with Gasteiger partial charge >= 0.3 is 11.4 Å². The Bertz CT molecular complexity index is 1180. The molecule has 0 spiro atoms. The van der Waals surface area contributed by atoms with Gasteiger partial charge in [0.1, 0.15) is 11.4 Å². The van der Waals surface area contributed by atoms with Gasteiger partial charge in [0.05, 0.1) is 17.0 Å². The molecule has 29 heavy (non-hydrogen) atoms. The van der Waals surface area contributed by atoms with Crippen LogP contribution in [0.1, 0.15) is 25.3 Å². The van der Waals surface area contributed by atoms with E-state index in [1.54, 1.807) is 9.13 Å². The fraction of sp³-hybridized carbons (Fsp3) is 0.120. The van der Waals surface area contributed by atoms with E-state index in [-0.39, 0.29) is 22.9 Å². The van der Waals surface area contributed by atoms with Crippen LogP contribution in [0.15, 0.2) is 95.8 Å². The van der Waals surface area contributed by atoms with Gasteiger partial charge in [-0.1, -0.05) is 68.4 Å². The molecular weight excluding hydrogens is 360 g/mol. The minimum Gasteiger partial charge on any atom is -0.842 e. The van der Waals surface area contributed by atoms with Gasteiger partial charge in [0.15, 0.2) is 0 Å². The van der Waals surface area contributed by atoms with Crippen molar-refractivity contribution in [3.8, 4) is 28.6 Å². The summed E-state index contributed by atoms with van der Waals surface area (Å²) in [6.45, 7) is 3.76. The Morgan fingerprint density at radius 2 is 1.31 bits per heavy atom. The largest absolute Gasteiger partial charge is 0.842 e. The van der Waals surface area contributed by atoms with Gasteiger partial charge < -0.3 is 5.11 Å². The van der Waals surface area contributed by atoms with Crippen molar-refractivity contribution < 1.29 is 9.67 Å². The van der Waals surface area contributed by atoms with Crippen LogP contribution in [0.4, 0.5) is 0 Å². The second-order valence-corrected chi connectivity index (χ2v) is 7.21. The first kappa shape index (κ1) is 18.7. The quantitative estimate of drug-likeness (QED) is 0.501. The molecule has 0 N–H and O–H groups in total. The Kier molecular flexibility index (Phi) is 5.00. The molecule has 1 aromatic heterocycles. The summed E-state index contributed by atoms with van der Waals surface area (Å²) in [6, 6.07) is 28.5. The zero-order valence-electron chi connectivity index (χ0n) is 16.4. The molecule has 0 unspecified atom stereocenters. The molecule has 4 aromatic rings. The first-order chi connectivity index (χ1) is 14.1. The fourth-order valence-corrected chi connectivity index (χ4v) is 3.60. The van der Waals surface area contributed by atoms with Crippen LogP contribution in [0, 0.1) is 0 Å². The first-order valence-electron chi connectivity index (χ1n) is 9.68. The molecule has 144 valence electrons. The van der Waals surface area contributed by atoms with E-state index in [1.807, 2.05) is 105 Å². The van der Waals surface area contributed by atoms with E-state index in [4.69, 9.17) is 0 Å². The van der Waals surface area contributed by atoms with Crippen molar-refractivity contribution >= 4 is 0 Å². The molecule has 0 fully saturated rings. The molecule has 0 aliphatic heterocycles. The highest BCUT2D eigenvalue weighted by Gasteiger charge is 2.29. The lowest BCUT2D eigenvalue weighted by molar-refractivity contribution is -0.645. The summed E-state index contributed by atoms with van der Waals surface area (Å²) in [5.74, 6) is 0.0642. The standard InChI is InChI=1S/C25H22N2O2/c1-18(2)22-24(28)26(20-14-8-4-9-15-20)23(19-12-6-3-7-13-19)27(25(22)29)21-16-10-5-11-17-21/h3-18H,1-2H3. The molecule has 3 aromatic carbocycles. The highest BCUT2D eigenvalue weighted by Crippen LogP contribution is 2.25. The molecule has 4 nitrogen and oxygen atoms in total. The molecule has 4 rings (SSSR count). The molecule has 0 aliphatic rings. The predicted molar refractivity (Wildman–Crippen MR) is 113 cm³/mol. The summed E-state index contributed by atoms with van der Waals surface area (Å²) in [6.07, 6.45) is 0. The zero-order valence-corrected chi connectivity index (χ0v) is 16.4. The second kappa shape index (κ2) is 7.76. The van der Waals surface area contributed by atoms with Gasteiger partial charge in [-0.15, -0.1) is 0 Å². The molecule has 0 bridgehead atoms. The van der Waals surface area contributed by atoms with Crippen LogP contribution < -0.4 is 15.2 Å². The maximum Gasteiger partial charge on any atom is 0.345 e. The van der Waals surface area contributed by atoms with Gasteiger partial charge in [-0.25, -0.2) is 9.36 Å². The Labute approximate surface area is 170 Å². The third-order valence-electron chi connectivity index (χ3n) is 4.93. The molecule has 0 saturated heterocycles. The summed E-state index contributed by atoms with van der Waals surface area (Å²) in [5.41, 5.74) is 2.25. The second-order valence-electron chi connectivity index (χ2n) is 7.21. The number of aromatic nitrogens is 2. The van der Waals surface area contributed by atoms with Gasteiger partial charge in [0.25, 0.3) is 0 Å². The molecule has 0 saturated carbocycles. The average Bonchev–Trinajstić information content (AvgIpc) is 2.75. The third kappa shape index (κ3) is 3.34. The maximum atomic E-state index is 13.6. The van der Waals surface area contributed by atoms with Gasteiger partial charge in [-0.3, -0.25) is 0 Å². The van der Waals surface area contributed by atoms with Crippen LogP contribution in [0.5, 0.6) is 5.88 Å². The summed E-state index contributed by atoms with van der Waals surface area (Å²) in [7, 11) is 0. The Hall–Kier alpha value is -3.66. The summed E-state index contributed by atoms with van der Waals surface area (Å²) in [5, 5.41) is 13.6. The maximum absolute atomic E-state index is 13.6. The lowest BCUT2D eigenvalue weighted by Crippen LogP contribution is -2.46. The van der Waals surface area contributed by atoms with Crippen molar-refractivity contribution in [1.82, 2.24) is 4.57 Å². The number of rotatable bonds is 4. The summed E-state index contributed by atoms with van der Waals surface area (Å²) >= 11 is 0. The van der Waals surface area contributed by atoms with E-state index >= 15 is 0 Å². The lowest BCUT2D eigenvalue weighted by Gasteiger charge is -2.22. The molecule has 1 heterocycles. The monoisotopic (exact) mass is 382 g/mol. The molecular formula is C25H22N2O2. The van der Waals surface area contributed by atoms with Gasteiger partial charge in [-0.05, 0) is 42.3 Å². The van der Waals surface area contributed by atoms with E-state index in [2.05, 4.69) is 0 Å². The van der Waals surface area contributed by atoms with Gasteiger partial charge in [-0.2, -0.15) is 4.57 Å². The van der Waals surface area contributed by atoms with E-state index in [1.165, 1.54) is 0 Å². The number of nitrogens with zero attached hydrogens (tertiary/aromatic N) is 2. The van der Waals surface area contributed by atoms with Crippen molar-refractivity contribution in [2.45, 2.75) is 19.8 Å².